The van der Waals surface area contributed by atoms with Gasteiger partial charge in [-0.15, -0.1) is 0 Å². The van der Waals surface area contributed by atoms with Gasteiger partial charge in [-0.05, 0) is 25.8 Å². The lowest BCUT2D eigenvalue weighted by atomic mass is 10.1. The molecule has 0 aromatic carbocycles. The van der Waals surface area contributed by atoms with Gasteiger partial charge in [-0.1, -0.05) is 6.92 Å². The zero-order valence-corrected chi connectivity index (χ0v) is 9.01. The molecule has 0 aromatic heterocycles. The number of carbonyl (C=O) groups excluding carboxylic acids is 1. The number of hydrogen-bond acceptors (Lipinski definition) is 3. The molecule has 0 unspecified atom stereocenters. The summed E-state index contributed by atoms with van der Waals surface area (Å²) < 4.78 is 5.72. The van der Waals surface area contributed by atoms with Crippen molar-refractivity contribution in [3.05, 3.63) is 0 Å². The smallest absolute Gasteiger partial charge is 0.248 e. The van der Waals surface area contributed by atoms with Crippen molar-refractivity contribution in [3.63, 3.8) is 0 Å². The molecule has 0 aromatic rings. The van der Waals surface area contributed by atoms with Gasteiger partial charge in [0.25, 0.3) is 0 Å². The summed E-state index contributed by atoms with van der Waals surface area (Å²) in [6.07, 6.45) is 2.84. The first kappa shape index (κ1) is 11.5. The molecule has 0 bridgehead atoms. The van der Waals surface area contributed by atoms with Crippen LogP contribution >= 0.6 is 0 Å². The van der Waals surface area contributed by atoms with Crippen molar-refractivity contribution >= 4 is 5.91 Å². The van der Waals surface area contributed by atoms with Gasteiger partial charge in [0.15, 0.2) is 0 Å². The number of amides is 1. The Morgan fingerprint density at radius 1 is 1.71 bits per heavy atom. The van der Waals surface area contributed by atoms with Gasteiger partial charge >= 0.3 is 0 Å². The molecule has 0 aliphatic carbocycles. The molecule has 1 rings (SSSR count). The number of likely N-dealkylation sites (N-methyl/N-ethyl adjacent to an activating group) is 1. The summed E-state index contributed by atoms with van der Waals surface area (Å²) in [4.78, 5) is 11.4. The van der Waals surface area contributed by atoms with Gasteiger partial charge in [0.05, 0.1) is 6.10 Å². The summed E-state index contributed by atoms with van der Waals surface area (Å²) in [5.74, 6) is -0.0157. The number of nitrogens with one attached hydrogen (secondary N) is 2. The lowest BCUT2D eigenvalue weighted by molar-refractivity contribution is -0.137. The fourth-order valence-corrected chi connectivity index (χ4v) is 1.67. The maximum absolute atomic E-state index is 11.4. The molecule has 1 fully saturated rings. The van der Waals surface area contributed by atoms with Crippen LogP contribution in [-0.2, 0) is 9.53 Å². The second-order valence-corrected chi connectivity index (χ2v) is 3.62. The summed E-state index contributed by atoms with van der Waals surface area (Å²) in [6, 6.07) is 0. The molecular formula is C10H20N2O2. The lowest BCUT2D eigenvalue weighted by Gasteiger charge is -2.26. The van der Waals surface area contributed by atoms with E-state index in [0.29, 0.717) is 0 Å². The van der Waals surface area contributed by atoms with Crippen molar-refractivity contribution in [1.82, 2.24) is 10.6 Å². The molecule has 1 saturated heterocycles. The Morgan fingerprint density at radius 2 is 2.50 bits per heavy atom. The highest BCUT2D eigenvalue weighted by Gasteiger charge is 2.22. The van der Waals surface area contributed by atoms with Gasteiger partial charge in [0, 0.05) is 13.6 Å². The Morgan fingerprint density at radius 3 is 3.00 bits per heavy atom. The second-order valence-electron chi connectivity index (χ2n) is 3.62. The first-order valence-corrected chi connectivity index (χ1v) is 5.35. The number of rotatable bonds is 4. The minimum Gasteiger partial charge on any atom is -0.364 e. The van der Waals surface area contributed by atoms with E-state index >= 15 is 0 Å². The average molecular weight is 200 g/mol. The highest BCUT2D eigenvalue weighted by Crippen LogP contribution is 2.10. The Hall–Kier alpha value is -0.610. The van der Waals surface area contributed by atoms with Crippen LogP contribution in [0.5, 0.6) is 0 Å². The molecule has 2 N–H and O–H groups in total. The maximum Gasteiger partial charge on any atom is 0.248 e. The van der Waals surface area contributed by atoms with E-state index in [9.17, 15) is 4.79 Å². The van der Waals surface area contributed by atoms with E-state index in [-0.39, 0.29) is 18.1 Å². The van der Waals surface area contributed by atoms with Crippen LogP contribution in [0.25, 0.3) is 0 Å². The number of carbonyl (C=O) groups is 1. The molecule has 1 aliphatic rings. The number of piperidine rings is 1. The topological polar surface area (TPSA) is 50.4 Å². The van der Waals surface area contributed by atoms with Crippen LogP contribution in [0.3, 0.4) is 0 Å². The Bertz CT molecular complexity index is 179. The molecule has 1 heterocycles. The Balaban J connectivity index is 2.34. The average Bonchev–Trinajstić information content (AvgIpc) is 2.26. The molecule has 0 saturated carbocycles. The van der Waals surface area contributed by atoms with Crippen LogP contribution in [0, 0.1) is 0 Å². The van der Waals surface area contributed by atoms with Crippen molar-refractivity contribution in [2.24, 2.45) is 0 Å². The first-order valence-electron chi connectivity index (χ1n) is 5.35. The van der Waals surface area contributed by atoms with E-state index in [1.165, 1.54) is 0 Å². The first-order chi connectivity index (χ1) is 6.77. The van der Waals surface area contributed by atoms with Gasteiger partial charge in [0.2, 0.25) is 5.91 Å². The van der Waals surface area contributed by atoms with Gasteiger partial charge in [-0.3, -0.25) is 4.79 Å². The summed E-state index contributed by atoms with van der Waals surface area (Å²) >= 11 is 0. The highest BCUT2D eigenvalue weighted by molar-refractivity contribution is 5.80. The lowest BCUT2D eigenvalue weighted by Crippen LogP contribution is -2.42. The van der Waals surface area contributed by atoms with Crippen molar-refractivity contribution in [2.45, 2.75) is 38.4 Å². The highest BCUT2D eigenvalue weighted by atomic mass is 16.5. The van der Waals surface area contributed by atoms with Gasteiger partial charge in [-0.2, -0.15) is 0 Å². The maximum atomic E-state index is 11.4. The minimum atomic E-state index is -0.287. The minimum absolute atomic E-state index is 0.0157. The van der Waals surface area contributed by atoms with Gasteiger partial charge in [-0.25, -0.2) is 0 Å². The molecule has 0 spiro atoms. The van der Waals surface area contributed by atoms with E-state index in [4.69, 9.17) is 4.74 Å². The van der Waals surface area contributed by atoms with Gasteiger partial charge in [0.1, 0.15) is 6.10 Å². The largest absolute Gasteiger partial charge is 0.364 e. The van der Waals surface area contributed by atoms with Gasteiger partial charge < -0.3 is 15.4 Å². The van der Waals surface area contributed by atoms with E-state index < -0.39 is 0 Å². The van der Waals surface area contributed by atoms with E-state index in [0.717, 1.165) is 32.4 Å². The van der Waals surface area contributed by atoms with Crippen molar-refractivity contribution < 1.29 is 9.53 Å². The van der Waals surface area contributed by atoms with Crippen LogP contribution in [0.1, 0.15) is 26.2 Å². The molecule has 2 atom stereocenters. The number of hydrogen-bond donors (Lipinski definition) is 2. The Labute approximate surface area is 85.4 Å². The van der Waals surface area contributed by atoms with Crippen molar-refractivity contribution in [2.75, 3.05) is 20.1 Å². The standard InChI is InChI=1S/C10H20N2O2/c1-3-9(10(13)11-2)14-8-5-4-6-12-7-8/h8-9,12H,3-7H2,1-2H3,(H,11,13)/t8-,9+/m1/s1. The predicted molar refractivity (Wildman–Crippen MR) is 55.1 cm³/mol. The van der Waals surface area contributed by atoms with Crippen LogP contribution in [0.15, 0.2) is 0 Å². The molecular weight excluding hydrogens is 180 g/mol. The fraction of sp³-hybridized carbons (Fsp3) is 0.900. The zero-order chi connectivity index (χ0) is 10.4. The quantitative estimate of drug-likeness (QED) is 0.685. The second kappa shape index (κ2) is 5.98. The summed E-state index contributed by atoms with van der Waals surface area (Å²) in [7, 11) is 1.65. The molecule has 4 nitrogen and oxygen atoms in total. The SMILES string of the molecule is CC[C@H](O[C@@H]1CCCNC1)C(=O)NC. The van der Waals surface area contributed by atoms with E-state index in [2.05, 4.69) is 10.6 Å². The molecule has 82 valence electrons. The van der Waals surface area contributed by atoms with Crippen LogP contribution in [0.4, 0.5) is 0 Å². The summed E-state index contributed by atoms with van der Waals surface area (Å²) in [5.41, 5.74) is 0. The third-order valence-corrected chi connectivity index (χ3v) is 2.52. The zero-order valence-electron chi connectivity index (χ0n) is 9.01. The summed E-state index contributed by atoms with van der Waals surface area (Å²) in [5, 5.41) is 5.89. The summed E-state index contributed by atoms with van der Waals surface area (Å²) in [6.45, 7) is 3.90. The van der Waals surface area contributed by atoms with E-state index in [1.807, 2.05) is 6.92 Å². The van der Waals surface area contributed by atoms with Crippen molar-refractivity contribution in [1.29, 1.82) is 0 Å². The third kappa shape index (κ3) is 3.27. The van der Waals surface area contributed by atoms with Crippen molar-refractivity contribution in [3.8, 4) is 0 Å². The van der Waals surface area contributed by atoms with Crippen LogP contribution < -0.4 is 10.6 Å². The Kier molecular flexibility index (Phi) is 4.90. The molecule has 1 amide bonds. The molecule has 0 radical (unpaired) electrons. The number of ether oxygens (including phenoxy) is 1. The fourth-order valence-electron chi connectivity index (χ4n) is 1.67. The molecule has 4 heteroatoms. The van der Waals surface area contributed by atoms with Crippen LogP contribution in [-0.4, -0.2) is 38.3 Å². The third-order valence-electron chi connectivity index (χ3n) is 2.52. The molecule has 14 heavy (non-hydrogen) atoms. The normalized spacial score (nSPS) is 24.3. The predicted octanol–water partition coefficient (Wildman–Crippen LogP) is 0.280. The van der Waals surface area contributed by atoms with Crippen LogP contribution in [0.2, 0.25) is 0 Å². The van der Waals surface area contributed by atoms with E-state index in [1.54, 1.807) is 7.05 Å². The molecule has 1 aliphatic heterocycles. The monoisotopic (exact) mass is 200 g/mol.